The second-order valence-electron chi connectivity index (χ2n) is 7.35. The molecule has 0 spiro atoms. The minimum atomic E-state index is 0.0880. The Morgan fingerprint density at radius 3 is 1.97 bits per heavy atom. The largest absolute Gasteiger partial charge is 0.343 e. The molecule has 1 aliphatic heterocycles. The van der Waals surface area contributed by atoms with Crippen molar-refractivity contribution in [2.24, 2.45) is 0 Å². The van der Waals surface area contributed by atoms with Crippen LogP contribution >= 0.6 is 11.6 Å². The fourth-order valence-corrected chi connectivity index (χ4v) is 4.41. The molecule has 1 atom stereocenters. The van der Waals surface area contributed by atoms with Crippen molar-refractivity contribution in [2.75, 3.05) is 16.3 Å². The van der Waals surface area contributed by atoms with E-state index in [9.17, 15) is 0 Å². The monoisotopic (exact) mass is 402 g/mol. The van der Waals surface area contributed by atoms with Gasteiger partial charge in [-0.25, -0.2) is 0 Å². The maximum atomic E-state index is 6.21. The molecule has 4 rings (SSSR count). The predicted octanol–water partition coefficient (Wildman–Crippen LogP) is 7.44. The number of nitrogens with zero attached hydrogens (tertiary/aromatic N) is 2. The molecule has 0 aromatic heterocycles. The summed E-state index contributed by atoms with van der Waals surface area (Å²) in [5.74, 6) is 0. The SMILES string of the molecule is CCC1=C(CC)N(c2ccc(Cl)cc2)C(c2ccccc2)N(c2ccccc2)C1. The van der Waals surface area contributed by atoms with Crippen LogP contribution in [0, 0.1) is 0 Å². The Bertz CT molecular complexity index is 965. The number of benzene rings is 3. The van der Waals surface area contributed by atoms with Gasteiger partial charge in [-0.1, -0.05) is 74.0 Å². The summed E-state index contributed by atoms with van der Waals surface area (Å²) in [5, 5.41) is 0.764. The highest BCUT2D eigenvalue weighted by Crippen LogP contribution is 2.42. The van der Waals surface area contributed by atoms with Crippen LogP contribution in [0.1, 0.15) is 38.4 Å². The van der Waals surface area contributed by atoms with Crippen LogP contribution in [0.2, 0.25) is 5.02 Å². The van der Waals surface area contributed by atoms with E-state index in [0.29, 0.717) is 0 Å². The van der Waals surface area contributed by atoms with Crippen molar-refractivity contribution < 1.29 is 0 Å². The molecule has 0 saturated heterocycles. The Labute approximate surface area is 179 Å². The zero-order valence-corrected chi connectivity index (χ0v) is 17.8. The Balaban J connectivity index is 1.94. The van der Waals surface area contributed by atoms with E-state index in [1.165, 1.54) is 28.2 Å². The van der Waals surface area contributed by atoms with E-state index in [0.717, 1.165) is 24.4 Å². The lowest BCUT2D eigenvalue weighted by molar-refractivity contribution is 0.575. The third-order valence-corrected chi connectivity index (χ3v) is 5.90. The lowest BCUT2D eigenvalue weighted by atomic mass is 9.97. The normalized spacial score (nSPS) is 17.0. The summed E-state index contributed by atoms with van der Waals surface area (Å²) in [6, 6.07) is 29.8. The van der Waals surface area contributed by atoms with Gasteiger partial charge in [-0.15, -0.1) is 0 Å². The number of halogens is 1. The topological polar surface area (TPSA) is 6.48 Å². The average Bonchev–Trinajstić information content (AvgIpc) is 2.79. The Morgan fingerprint density at radius 2 is 1.38 bits per heavy atom. The average molecular weight is 403 g/mol. The van der Waals surface area contributed by atoms with Crippen molar-refractivity contribution >= 4 is 23.0 Å². The molecule has 0 saturated carbocycles. The van der Waals surface area contributed by atoms with Gasteiger partial charge in [-0.05, 0) is 60.4 Å². The Morgan fingerprint density at radius 1 is 0.759 bits per heavy atom. The number of allylic oxidation sites excluding steroid dienone is 1. The van der Waals surface area contributed by atoms with Gasteiger partial charge in [0.05, 0.1) is 0 Å². The van der Waals surface area contributed by atoms with E-state index in [4.69, 9.17) is 11.6 Å². The first-order valence-corrected chi connectivity index (χ1v) is 10.7. The van der Waals surface area contributed by atoms with Crippen LogP contribution in [-0.4, -0.2) is 6.54 Å². The van der Waals surface area contributed by atoms with Gasteiger partial charge in [0, 0.05) is 28.6 Å². The van der Waals surface area contributed by atoms with E-state index in [1.807, 2.05) is 12.1 Å². The molecule has 0 radical (unpaired) electrons. The first-order chi connectivity index (χ1) is 14.2. The third-order valence-electron chi connectivity index (χ3n) is 5.65. The molecular formula is C26H27ClN2. The number of anilines is 2. The molecule has 3 aromatic carbocycles. The van der Waals surface area contributed by atoms with E-state index < -0.39 is 0 Å². The number of rotatable bonds is 5. The molecular weight excluding hydrogens is 376 g/mol. The van der Waals surface area contributed by atoms with Crippen molar-refractivity contribution in [2.45, 2.75) is 32.9 Å². The zero-order valence-electron chi connectivity index (χ0n) is 17.1. The standard InChI is InChI=1S/C26H27ClN2/c1-3-20-19-28(23-13-9-6-10-14-23)26(21-11-7-5-8-12-21)29(25(20)4-2)24-17-15-22(27)16-18-24/h5-18,26H,3-4,19H2,1-2H3. The van der Waals surface area contributed by atoms with Crippen molar-refractivity contribution in [3.05, 3.63) is 107 Å². The molecule has 0 N–H and O–H groups in total. The molecule has 1 aliphatic rings. The summed E-state index contributed by atoms with van der Waals surface area (Å²) in [4.78, 5) is 5.02. The highest BCUT2D eigenvalue weighted by atomic mass is 35.5. The van der Waals surface area contributed by atoms with Crippen LogP contribution in [-0.2, 0) is 0 Å². The minimum Gasteiger partial charge on any atom is -0.343 e. The first kappa shape index (κ1) is 19.6. The molecule has 3 aromatic rings. The summed E-state index contributed by atoms with van der Waals surface area (Å²) in [6.07, 6.45) is 2.13. The summed E-state index contributed by atoms with van der Waals surface area (Å²) in [7, 11) is 0. The van der Waals surface area contributed by atoms with Crippen molar-refractivity contribution in [3.63, 3.8) is 0 Å². The second-order valence-corrected chi connectivity index (χ2v) is 7.79. The number of para-hydroxylation sites is 1. The van der Waals surface area contributed by atoms with Crippen LogP contribution in [0.4, 0.5) is 11.4 Å². The summed E-state index contributed by atoms with van der Waals surface area (Å²) in [5.41, 5.74) is 6.59. The van der Waals surface area contributed by atoms with Gasteiger partial charge in [0.25, 0.3) is 0 Å². The summed E-state index contributed by atoms with van der Waals surface area (Å²) < 4.78 is 0. The minimum absolute atomic E-state index is 0.0880. The van der Waals surface area contributed by atoms with Gasteiger partial charge in [-0.3, -0.25) is 0 Å². The van der Waals surface area contributed by atoms with Gasteiger partial charge < -0.3 is 9.80 Å². The summed E-state index contributed by atoms with van der Waals surface area (Å²) in [6.45, 7) is 5.46. The maximum absolute atomic E-state index is 6.21. The smallest absolute Gasteiger partial charge is 0.132 e. The Kier molecular flexibility index (Phi) is 5.92. The lowest BCUT2D eigenvalue weighted by Gasteiger charge is -2.48. The van der Waals surface area contributed by atoms with E-state index in [1.54, 1.807) is 0 Å². The van der Waals surface area contributed by atoms with Crippen LogP contribution in [0.3, 0.4) is 0 Å². The first-order valence-electron chi connectivity index (χ1n) is 10.3. The molecule has 1 heterocycles. The molecule has 3 heteroatoms. The predicted molar refractivity (Wildman–Crippen MR) is 125 cm³/mol. The van der Waals surface area contributed by atoms with Crippen LogP contribution in [0.5, 0.6) is 0 Å². The van der Waals surface area contributed by atoms with Crippen molar-refractivity contribution in [1.82, 2.24) is 0 Å². The van der Waals surface area contributed by atoms with E-state index in [-0.39, 0.29) is 6.17 Å². The molecule has 0 bridgehead atoms. The molecule has 0 fully saturated rings. The second kappa shape index (κ2) is 8.75. The van der Waals surface area contributed by atoms with Crippen LogP contribution < -0.4 is 9.80 Å². The number of hydrogen-bond donors (Lipinski definition) is 0. The highest BCUT2D eigenvalue weighted by Gasteiger charge is 2.35. The molecule has 29 heavy (non-hydrogen) atoms. The molecule has 0 aliphatic carbocycles. The van der Waals surface area contributed by atoms with Crippen molar-refractivity contribution in [3.8, 4) is 0 Å². The van der Waals surface area contributed by atoms with Gasteiger partial charge >= 0.3 is 0 Å². The molecule has 1 unspecified atom stereocenters. The van der Waals surface area contributed by atoms with Crippen molar-refractivity contribution in [1.29, 1.82) is 0 Å². The quantitative estimate of drug-likeness (QED) is 0.437. The van der Waals surface area contributed by atoms with Crippen LogP contribution in [0.25, 0.3) is 0 Å². The highest BCUT2D eigenvalue weighted by molar-refractivity contribution is 6.30. The molecule has 2 nitrogen and oxygen atoms in total. The van der Waals surface area contributed by atoms with Gasteiger partial charge in [0.1, 0.15) is 6.17 Å². The fourth-order valence-electron chi connectivity index (χ4n) is 4.28. The van der Waals surface area contributed by atoms with Gasteiger partial charge in [0.15, 0.2) is 0 Å². The maximum Gasteiger partial charge on any atom is 0.132 e. The van der Waals surface area contributed by atoms with E-state index in [2.05, 4.69) is 96.4 Å². The van der Waals surface area contributed by atoms with Crippen LogP contribution in [0.15, 0.2) is 96.2 Å². The van der Waals surface area contributed by atoms with E-state index >= 15 is 0 Å². The zero-order chi connectivity index (χ0) is 20.2. The van der Waals surface area contributed by atoms with Gasteiger partial charge in [0.2, 0.25) is 0 Å². The molecule has 148 valence electrons. The number of hydrogen-bond acceptors (Lipinski definition) is 2. The van der Waals surface area contributed by atoms with Gasteiger partial charge in [-0.2, -0.15) is 0 Å². The molecule has 0 amide bonds. The summed E-state index contributed by atoms with van der Waals surface area (Å²) >= 11 is 6.21. The Hall–Kier alpha value is -2.71. The third kappa shape index (κ3) is 3.90. The fraction of sp³-hybridized carbons (Fsp3) is 0.231. The lowest BCUT2D eigenvalue weighted by Crippen LogP contribution is -2.47.